The van der Waals surface area contributed by atoms with Gasteiger partial charge in [0, 0.05) is 25.7 Å². The van der Waals surface area contributed by atoms with Crippen LogP contribution in [0, 0.1) is 5.82 Å². The van der Waals surface area contributed by atoms with Crippen LogP contribution in [-0.2, 0) is 9.53 Å². The van der Waals surface area contributed by atoms with E-state index in [9.17, 15) is 18.8 Å². The first-order valence-corrected chi connectivity index (χ1v) is 7.93. The Morgan fingerprint density at radius 1 is 1.08 bits per heavy atom. The summed E-state index contributed by atoms with van der Waals surface area (Å²) in [5, 5.41) is 2.59. The van der Waals surface area contributed by atoms with Crippen molar-refractivity contribution in [2.75, 3.05) is 25.1 Å². The molecule has 136 valence electrons. The topological polar surface area (TPSA) is 75.7 Å². The van der Waals surface area contributed by atoms with Crippen molar-refractivity contribution >= 4 is 23.5 Å². The van der Waals surface area contributed by atoms with Crippen LogP contribution in [0.4, 0.5) is 10.1 Å². The fraction of sp³-hybridized carbons (Fsp3) is 0.211. The maximum atomic E-state index is 13.6. The van der Waals surface area contributed by atoms with Crippen LogP contribution < -0.4 is 10.2 Å². The SMILES string of the molecule is COC(=O)c1ccc(N(CCNC(=O)c2ccccc2F)C(C)=O)cc1. The molecule has 0 radical (unpaired) electrons. The molecule has 0 aromatic heterocycles. The van der Waals surface area contributed by atoms with Gasteiger partial charge in [-0.15, -0.1) is 0 Å². The normalized spacial score (nSPS) is 10.1. The second-order valence-electron chi connectivity index (χ2n) is 5.44. The minimum atomic E-state index is -0.605. The number of hydrogen-bond donors (Lipinski definition) is 1. The van der Waals surface area contributed by atoms with E-state index in [2.05, 4.69) is 10.1 Å². The van der Waals surface area contributed by atoms with Gasteiger partial charge in [0.05, 0.1) is 18.2 Å². The first kappa shape index (κ1) is 19.1. The molecule has 0 unspecified atom stereocenters. The minimum Gasteiger partial charge on any atom is -0.465 e. The van der Waals surface area contributed by atoms with Gasteiger partial charge in [0.25, 0.3) is 5.91 Å². The lowest BCUT2D eigenvalue weighted by Gasteiger charge is -2.21. The third-order valence-electron chi connectivity index (χ3n) is 3.72. The molecule has 0 atom stereocenters. The van der Waals surface area contributed by atoms with E-state index in [1.54, 1.807) is 30.3 Å². The molecule has 2 rings (SSSR count). The molecule has 0 aliphatic carbocycles. The van der Waals surface area contributed by atoms with E-state index in [0.29, 0.717) is 11.3 Å². The van der Waals surface area contributed by atoms with Crippen LogP contribution in [-0.4, -0.2) is 38.0 Å². The number of halogens is 1. The van der Waals surface area contributed by atoms with Gasteiger partial charge in [-0.05, 0) is 36.4 Å². The molecule has 26 heavy (non-hydrogen) atoms. The van der Waals surface area contributed by atoms with Crippen LogP contribution in [0.3, 0.4) is 0 Å². The Kier molecular flexibility index (Phi) is 6.43. The van der Waals surface area contributed by atoms with Crippen LogP contribution in [0.1, 0.15) is 27.6 Å². The summed E-state index contributed by atoms with van der Waals surface area (Å²) in [6, 6.07) is 12.0. The van der Waals surface area contributed by atoms with Crippen molar-refractivity contribution in [3.63, 3.8) is 0 Å². The van der Waals surface area contributed by atoms with Gasteiger partial charge in [0.2, 0.25) is 5.91 Å². The number of nitrogens with one attached hydrogen (secondary N) is 1. The second-order valence-corrected chi connectivity index (χ2v) is 5.44. The number of benzene rings is 2. The standard InChI is InChI=1S/C19H19FN2O4/c1-13(23)22(15-9-7-14(8-10-15)19(25)26-2)12-11-21-18(24)16-5-3-4-6-17(16)20/h3-10H,11-12H2,1-2H3,(H,21,24). The molecule has 7 heteroatoms. The van der Waals surface area contributed by atoms with Crippen molar-refractivity contribution in [2.24, 2.45) is 0 Å². The fourth-order valence-electron chi connectivity index (χ4n) is 2.39. The molecule has 0 saturated heterocycles. The van der Waals surface area contributed by atoms with Crippen molar-refractivity contribution in [2.45, 2.75) is 6.92 Å². The van der Waals surface area contributed by atoms with E-state index in [-0.39, 0.29) is 24.6 Å². The van der Waals surface area contributed by atoms with Crippen LogP contribution in [0.2, 0.25) is 0 Å². The molecule has 0 saturated carbocycles. The van der Waals surface area contributed by atoms with Gasteiger partial charge in [0.1, 0.15) is 5.82 Å². The van der Waals surface area contributed by atoms with Gasteiger partial charge >= 0.3 is 5.97 Å². The highest BCUT2D eigenvalue weighted by Gasteiger charge is 2.15. The summed E-state index contributed by atoms with van der Waals surface area (Å²) >= 11 is 0. The predicted molar refractivity (Wildman–Crippen MR) is 94.5 cm³/mol. The maximum absolute atomic E-state index is 13.6. The number of carbonyl (C=O) groups is 3. The highest BCUT2D eigenvalue weighted by atomic mass is 19.1. The Morgan fingerprint density at radius 3 is 2.31 bits per heavy atom. The molecule has 2 aromatic rings. The van der Waals surface area contributed by atoms with E-state index in [0.717, 1.165) is 0 Å². The molecule has 0 fully saturated rings. The number of hydrogen-bond acceptors (Lipinski definition) is 4. The molecular weight excluding hydrogens is 339 g/mol. The van der Waals surface area contributed by atoms with E-state index in [4.69, 9.17) is 0 Å². The van der Waals surface area contributed by atoms with Gasteiger partial charge in [0.15, 0.2) is 0 Å². The largest absolute Gasteiger partial charge is 0.465 e. The zero-order chi connectivity index (χ0) is 19.1. The van der Waals surface area contributed by atoms with Gasteiger partial charge in [-0.2, -0.15) is 0 Å². The van der Waals surface area contributed by atoms with Gasteiger partial charge in [-0.3, -0.25) is 9.59 Å². The van der Waals surface area contributed by atoms with Gasteiger partial charge in [-0.25, -0.2) is 9.18 Å². The molecular formula is C19H19FN2O4. The van der Waals surface area contributed by atoms with E-state index in [1.165, 1.54) is 37.1 Å². The molecule has 0 spiro atoms. The number of methoxy groups -OCH3 is 1. The van der Waals surface area contributed by atoms with Crippen molar-refractivity contribution in [3.05, 3.63) is 65.5 Å². The Hall–Kier alpha value is -3.22. The molecule has 0 heterocycles. The Balaban J connectivity index is 2.00. The molecule has 2 aromatic carbocycles. The lowest BCUT2D eigenvalue weighted by Crippen LogP contribution is -2.37. The van der Waals surface area contributed by atoms with Crippen LogP contribution in [0.25, 0.3) is 0 Å². The van der Waals surface area contributed by atoms with Crippen molar-refractivity contribution in [1.82, 2.24) is 5.32 Å². The average molecular weight is 358 g/mol. The lowest BCUT2D eigenvalue weighted by atomic mass is 10.2. The number of carbonyl (C=O) groups excluding carboxylic acids is 3. The van der Waals surface area contributed by atoms with Gasteiger partial charge < -0.3 is 15.0 Å². The van der Waals surface area contributed by atoms with E-state index >= 15 is 0 Å². The number of anilines is 1. The van der Waals surface area contributed by atoms with Crippen LogP contribution >= 0.6 is 0 Å². The fourth-order valence-corrected chi connectivity index (χ4v) is 2.39. The number of amides is 2. The number of esters is 1. The molecule has 2 amide bonds. The van der Waals surface area contributed by atoms with E-state index < -0.39 is 17.7 Å². The summed E-state index contributed by atoms with van der Waals surface area (Å²) in [4.78, 5) is 36.8. The Morgan fingerprint density at radius 2 is 1.73 bits per heavy atom. The lowest BCUT2D eigenvalue weighted by molar-refractivity contribution is -0.116. The maximum Gasteiger partial charge on any atom is 0.337 e. The minimum absolute atomic E-state index is 0.0516. The summed E-state index contributed by atoms with van der Waals surface area (Å²) in [5.74, 6) is -1.85. The number of rotatable bonds is 6. The molecule has 0 bridgehead atoms. The smallest absolute Gasteiger partial charge is 0.337 e. The van der Waals surface area contributed by atoms with E-state index in [1.807, 2.05) is 0 Å². The third kappa shape index (κ3) is 4.66. The highest BCUT2D eigenvalue weighted by molar-refractivity contribution is 5.95. The van der Waals surface area contributed by atoms with Gasteiger partial charge in [-0.1, -0.05) is 12.1 Å². The number of ether oxygens (including phenoxy) is 1. The average Bonchev–Trinajstić information content (AvgIpc) is 2.64. The summed E-state index contributed by atoms with van der Waals surface area (Å²) in [6.45, 7) is 1.74. The zero-order valence-corrected chi connectivity index (χ0v) is 14.5. The summed E-state index contributed by atoms with van der Waals surface area (Å²) < 4.78 is 18.2. The molecule has 6 nitrogen and oxygen atoms in total. The highest BCUT2D eigenvalue weighted by Crippen LogP contribution is 2.16. The Labute approximate surface area is 150 Å². The Bertz CT molecular complexity index is 805. The van der Waals surface area contributed by atoms with Crippen molar-refractivity contribution in [3.8, 4) is 0 Å². The monoisotopic (exact) mass is 358 g/mol. The van der Waals surface area contributed by atoms with Crippen LogP contribution in [0.15, 0.2) is 48.5 Å². The van der Waals surface area contributed by atoms with Crippen LogP contribution in [0.5, 0.6) is 0 Å². The molecule has 1 N–H and O–H groups in total. The first-order valence-electron chi connectivity index (χ1n) is 7.93. The zero-order valence-electron chi connectivity index (χ0n) is 14.5. The summed E-state index contributed by atoms with van der Waals surface area (Å²) in [7, 11) is 1.29. The van der Waals surface area contributed by atoms with Crippen molar-refractivity contribution < 1.29 is 23.5 Å². The number of nitrogens with zero attached hydrogens (tertiary/aromatic N) is 1. The summed E-state index contributed by atoms with van der Waals surface area (Å²) in [6.07, 6.45) is 0. The first-order chi connectivity index (χ1) is 12.4. The quantitative estimate of drug-likeness (QED) is 0.805. The molecule has 0 aliphatic rings. The third-order valence-corrected chi connectivity index (χ3v) is 3.72. The summed E-state index contributed by atoms with van der Waals surface area (Å²) in [5.41, 5.74) is 0.891. The molecule has 0 aliphatic heterocycles. The van der Waals surface area contributed by atoms with Crippen molar-refractivity contribution in [1.29, 1.82) is 0 Å². The predicted octanol–water partition coefficient (Wildman–Crippen LogP) is 2.40. The second kappa shape index (κ2) is 8.75.